The summed E-state index contributed by atoms with van der Waals surface area (Å²) in [7, 11) is 0. The number of carbonyl (C=O) groups is 2. The quantitative estimate of drug-likeness (QED) is 0.597. The summed E-state index contributed by atoms with van der Waals surface area (Å²) in [6.07, 6.45) is 4.53. The molecule has 1 aromatic heterocycles. The van der Waals surface area contributed by atoms with Crippen molar-refractivity contribution in [3.63, 3.8) is 0 Å². The third-order valence-electron chi connectivity index (χ3n) is 7.98. The largest absolute Gasteiger partial charge is 0.391 e. The Balaban J connectivity index is 1.41. The topological polar surface area (TPSA) is 133 Å². The first-order valence-electron chi connectivity index (χ1n) is 13.4. The molecule has 2 aromatic rings. The van der Waals surface area contributed by atoms with Gasteiger partial charge in [-0.05, 0) is 48.8 Å². The monoisotopic (exact) mass is 520 g/mol. The van der Waals surface area contributed by atoms with Gasteiger partial charge in [0.05, 0.1) is 29.0 Å². The number of benzene rings is 1. The molecule has 5 rings (SSSR count). The summed E-state index contributed by atoms with van der Waals surface area (Å²) in [5.41, 5.74) is 1.16. The van der Waals surface area contributed by atoms with Crippen molar-refractivity contribution in [2.24, 2.45) is 5.41 Å². The number of nitrogens with one attached hydrogen (secondary N) is 1. The second-order valence-corrected chi connectivity index (χ2v) is 11.9. The van der Waals surface area contributed by atoms with E-state index in [2.05, 4.69) is 21.7 Å². The first kappa shape index (κ1) is 26.3. The second-order valence-electron chi connectivity index (χ2n) is 11.9. The number of hydrogen-bond donors (Lipinski definition) is 2. The van der Waals surface area contributed by atoms with Crippen LogP contribution in [0.1, 0.15) is 81.7 Å². The molecule has 1 aromatic carbocycles. The lowest BCUT2D eigenvalue weighted by Gasteiger charge is -2.40. The predicted molar refractivity (Wildman–Crippen MR) is 138 cm³/mol. The van der Waals surface area contributed by atoms with E-state index in [-0.39, 0.29) is 24.8 Å². The van der Waals surface area contributed by atoms with Crippen LogP contribution in [0.25, 0.3) is 0 Å². The molecule has 2 amide bonds. The molecule has 2 saturated heterocycles. The lowest BCUT2D eigenvalue weighted by molar-refractivity contribution is -0.145. The zero-order valence-electron chi connectivity index (χ0n) is 22.3. The number of rotatable bonds is 6. The summed E-state index contributed by atoms with van der Waals surface area (Å²) < 4.78 is 7.22. The molecule has 3 atom stereocenters. The van der Waals surface area contributed by atoms with Crippen LogP contribution in [0.15, 0.2) is 30.5 Å². The maximum atomic E-state index is 14.1. The molecule has 2 unspecified atom stereocenters. The fraction of sp³-hybridized carbons (Fsp3) is 0.607. The van der Waals surface area contributed by atoms with Crippen molar-refractivity contribution in [1.82, 2.24) is 25.2 Å². The van der Waals surface area contributed by atoms with Gasteiger partial charge >= 0.3 is 0 Å². The fourth-order valence-corrected chi connectivity index (χ4v) is 5.71. The number of likely N-dealkylation sites (tertiary alicyclic amines) is 1. The molecule has 2 N–H and O–H groups in total. The van der Waals surface area contributed by atoms with Crippen molar-refractivity contribution in [2.45, 2.75) is 82.5 Å². The Morgan fingerprint density at radius 1 is 1.21 bits per heavy atom. The molecule has 1 saturated carbocycles. The highest BCUT2D eigenvalue weighted by Gasteiger charge is 2.47. The normalized spacial score (nSPS) is 24.0. The molecule has 3 heterocycles. The highest BCUT2D eigenvalue weighted by Crippen LogP contribution is 2.40. The van der Waals surface area contributed by atoms with E-state index in [0.29, 0.717) is 37.5 Å². The molecule has 10 heteroatoms. The highest BCUT2D eigenvalue weighted by molar-refractivity contribution is 5.90. The van der Waals surface area contributed by atoms with Crippen molar-refractivity contribution in [2.75, 3.05) is 19.8 Å². The van der Waals surface area contributed by atoms with Gasteiger partial charge in [0, 0.05) is 38.3 Å². The third-order valence-corrected chi connectivity index (χ3v) is 7.98. The number of ether oxygens (including phenoxy) is 1. The Morgan fingerprint density at radius 2 is 1.89 bits per heavy atom. The summed E-state index contributed by atoms with van der Waals surface area (Å²) in [4.78, 5) is 29.4. The van der Waals surface area contributed by atoms with Gasteiger partial charge in [0.1, 0.15) is 12.1 Å². The number of carbonyl (C=O) groups excluding carboxylic acids is 2. The molecule has 1 aliphatic carbocycles. The van der Waals surface area contributed by atoms with Gasteiger partial charge in [-0.2, -0.15) is 5.26 Å². The molecule has 3 aliphatic rings. The van der Waals surface area contributed by atoms with Crippen LogP contribution in [0.2, 0.25) is 0 Å². The van der Waals surface area contributed by atoms with Gasteiger partial charge in [0.2, 0.25) is 11.8 Å². The van der Waals surface area contributed by atoms with Crippen molar-refractivity contribution in [3.8, 4) is 6.07 Å². The van der Waals surface area contributed by atoms with Crippen molar-refractivity contribution in [3.05, 3.63) is 47.3 Å². The lowest BCUT2D eigenvalue weighted by Crippen LogP contribution is -2.56. The van der Waals surface area contributed by atoms with Crippen molar-refractivity contribution >= 4 is 11.8 Å². The molecule has 202 valence electrons. The lowest BCUT2D eigenvalue weighted by atomic mass is 9.82. The Kier molecular flexibility index (Phi) is 7.01. The van der Waals surface area contributed by atoms with Gasteiger partial charge in [-0.15, -0.1) is 5.10 Å². The van der Waals surface area contributed by atoms with E-state index in [1.807, 2.05) is 39.1 Å². The number of nitriles is 1. The Bertz CT molecular complexity index is 1220. The minimum atomic E-state index is -0.813. The average Bonchev–Trinajstić information content (AvgIpc) is 3.50. The van der Waals surface area contributed by atoms with Crippen LogP contribution >= 0.6 is 0 Å². The summed E-state index contributed by atoms with van der Waals surface area (Å²) in [6, 6.07) is 7.88. The third kappa shape index (κ3) is 5.18. The summed E-state index contributed by atoms with van der Waals surface area (Å²) in [6.45, 7) is 6.96. The Hall–Kier alpha value is -3.29. The van der Waals surface area contributed by atoms with E-state index in [1.54, 1.807) is 16.8 Å². The molecule has 38 heavy (non-hydrogen) atoms. The van der Waals surface area contributed by atoms with Gasteiger partial charge in [-0.3, -0.25) is 9.59 Å². The number of nitrogens with zero attached hydrogens (tertiary/aromatic N) is 5. The molecular formula is C28H36N6O4. The second kappa shape index (κ2) is 10.1. The number of amides is 2. The van der Waals surface area contributed by atoms with E-state index in [0.717, 1.165) is 24.1 Å². The molecule has 3 fully saturated rings. The molecule has 10 nitrogen and oxygen atoms in total. The number of aliphatic hydroxyl groups is 1. The van der Waals surface area contributed by atoms with Crippen LogP contribution in [0.4, 0.5) is 0 Å². The van der Waals surface area contributed by atoms with Crippen LogP contribution in [-0.2, 0) is 19.9 Å². The SMILES string of the molecule is CC(C)(C)[C@@H](C(=O)N1CC(O)CC1C(=O)NC1(c2ccc(C#N)cc2)CCOCC1)n1cc(C2CC2)nn1. The summed E-state index contributed by atoms with van der Waals surface area (Å²) in [5.74, 6) is -0.142. The minimum Gasteiger partial charge on any atom is -0.391 e. The Labute approximate surface area is 222 Å². The van der Waals surface area contributed by atoms with Crippen molar-refractivity contribution < 1.29 is 19.4 Å². The maximum Gasteiger partial charge on any atom is 0.248 e. The average molecular weight is 521 g/mol. The summed E-state index contributed by atoms with van der Waals surface area (Å²) in [5, 5.41) is 31.6. The van der Waals surface area contributed by atoms with Gasteiger partial charge < -0.3 is 20.1 Å². The van der Waals surface area contributed by atoms with Crippen LogP contribution in [0.3, 0.4) is 0 Å². The van der Waals surface area contributed by atoms with Gasteiger partial charge in [0.15, 0.2) is 0 Å². The van der Waals surface area contributed by atoms with E-state index in [1.165, 1.54) is 4.90 Å². The molecule has 0 spiro atoms. The highest BCUT2D eigenvalue weighted by atomic mass is 16.5. The standard InChI is InChI=1S/C28H36N6O4/c1-27(2,3)24(34-17-22(31-32-34)19-6-7-19)26(37)33-16-21(35)14-23(33)25(36)30-28(10-12-38-13-11-28)20-8-4-18(15-29)5-9-20/h4-5,8-9,17,19,21,23-24,35H,6-7,10-14,16H2,1-3H3,(H,30,36)/t21?,23?,24-/m1/s1. The Morgan fingerprint density at radius 3 is 2.50 bits per heavy atom. The summed E-state index contributed by atoms with van der Waals surface area (Å²) >= 11 is 0. The van der Waals surface area contributed by atoms with Gasteiger partial charge in [0.25, 0.3) is 0 Å². The predicted octanol–water partition coefficient (Wildman–Crippen LogP) is 2.40. The molecule has 0 bridgehead atoms. The first-order chi connectivity index (χ1) is 18.1. The molecule has 2 aliphatic heterocycles. The van der Waals surface area contributed by atoms with Crippen LogP contribution in [0.5, 0.6) is 0 Å². The van der Waals surface area contributed by atoms with Crippen LogP contribution in [-0.4, -0.2) is 68.7 Å². The number of aromatic nitrogens is 3. The maximum absolute atomic E-state index is 14.1. The van der Waals surface area contributed by atoms with Crippen LogP contribution in [0, 0.1) is 16.7 Å². The molecular weight excluding hydrogens is 484 g/mol. The molecule has 0 radical (unpaired) electrons. The van der Waals surface area contributed by atoms with Crippen LogP contribution < -0.4 is 5.32 Å². The van der Waals surface area contributed by atoms with Gasteiger partial charge in [-0.1, -0.05) is 38.1 Å². The minimum absolute atomic E-state index is 0.0840. The zero-order chi connectivity index (χ0) is 27.1. The van der Waals surface area contributed by atoms with E-state index in [9.17, 15) is 20.0 Å². The van der Waals surface area contributed by atoms with Gasteiger partial charge in [-0.25, -0.2) is 4.68 Å². The fourth-order valence-electron chi connectivity index (χ4n) is 5.71. The zero-order valence-corrected chi connectivity index (χ0v) is 22.3. The number of β-amino-alcohol motifs (C(OH)–C–C–N with tert-alkyl or cyclic N) is 1. The van der Waals surface area contributed by atoms with E-state index in [4.69, 9.17) is 4.74 Å². The van der Waals surface area contributed by atoms with E-state index >= 15 is 0 Å². The van der Waals surface area contributed by atoms with Crippen molar-refractivity contribution in [1.29, 1.82) is 5.26 Å². The first-order valence-corrected chi connectivity index (χ1v) is 13.4. The smallest absolute Gasteiger partial charge is 0.248 e. The number of aliphatic hydroxyl groups excluding tert-OH is 1. The number of hydrogen-bond acceptors (Lipinski definition) is 7. The van der Waals surface area contributed by atoms with E-state index < -0.39 is 29.1 Å².